The molecule has 4 nitrogen and oxygen atoms in total. The number of H-pyrrole nitrogens is 1. The highest BCUT2D eigenvalue weighted by Gasteiger charge is 2.10. The molecule has 2 rings (SSSR count). The lowest BCUT2D eigenvalue weighted by atomic mass is 10.2. The smallest absolute Gasteiger partial charge is 0.124 e. The normalized spacial score (nSPS) is 13.2. The van der Waals surface area contributed by atoms with Gasteiger partial charge in [0, 0.05) is 13.7 Å². The summed E-state index contributed by atoms with van der Waals surface area (Å²) in [6.07, 6.45) is 0.773. The third-order valence-corrected chi connectivity index (χ3v) is 2.64. The molecular weight excluding hydrogens is 202 g/mol. The summed E-state index contributed by atoms with van der Waals surface area (Å²) in [4.78, 5) is 7.72. The molecule has 0 aliphatic heterocycles. The van der Waals surface area contributed by atoms with Crippen LogP contribution in [0.1, 0.15) is 23.9 Å². The van der Waals surface area contributed by atoms with E-state index in [-0.39, 0.29) is 6.04 Å². The number of hydrogen-bond acceptors (Lipinski definition) is 3. The van der Waals surface area contributed by atoms with Crippen molar-refractivity contribution in [2.24, 2.45) is 5.73 Å². The van der Waals surface area contributed by atoms with E-state index in [1.807, 2.05) is 12.1 Å². The Balaban J connectivity index is 2.25. The maximum absolute atomic E-state index is 6.01. The maximum Gasteiger partial charge on any atom is 0.124 e. The van der Waals surface area contributed by atoms with E-state index in [9.17, 15) is 0 Å². The lowest BCUT2D eigenvalue weighted by Gasteiger charge is -2.06. The molecule has 4 heteroatoms. The number of benzene rings is 1. The van der Waals surface area contributed by atoms with Gasteiger partial charge in [0.15, 0.2) is 0 Å². The van der Waals surface area contributed by atoms with Gasteiger partial charge in [0.05, 0.1) is 17.1 Å². The summed E-state index contributed by atoms with van der Waals surface area (Å²) in [6.45, 7) is 2.71. The minimum Gasteiger partial charge on any atom is -0.385 e. The molecule has 0 radical (unpaired) electrons. The Kier molecular flexibility index (Phi) is 3.22. The fraction of sp³-hybridized carbons (Fsp3) is 0.417. The van der Waals surface area contributed by atoms with E-state index in [1.165, 1.54) is 5.56 Å². The monoisotopic (exact) mass is 219 g/mol. The molecule has 1 heterocycles. The van der Waals surface area contributed by atoms with E-state index in [0.29, 0.717) is 6.61 Å². The number of imidazole rings is 1. The number of ether oxygens (including phenoxy) is 1. The van der Waals surface area contributed by atoms with Crippen molar-refractivity contribution in [2.75, 3.05) is 13.7 Å². The minimum atomic E-state index is -0.0901. The number of methoxy groups -OCH3 is 1. The molecule has 1 aromatic carbocycles. The lowest BCUT2D eigenvalue weighted by molar-refractivity contribution is 0.187. The molecule has 1 atom stereocenters. The van der Waals surface area contributed by atoms with Crippen LogP contribution in [0.25, 0.3) is 11.0 Å². The number of nitrogens with one attached hydrogen (secondary N) is 1. The summed E-state index contributed by atoms with van der Waals surface area (Å²) >= 11 is 0. The quantitative estimate of drug-likeness (QED) is 0.825. The average Bonchev–Trinajstić information content (AvgIpc) is 2.68. The zero-order valence-corrected chi connectivity index (χ0v) is 9.66. The highest BCUT2D eigenvalue weighted by molar-refractivity contribution is 5.75. The first-order valence-corrected chi connectivity index (χ1v) is 5.41. The second-order valence-electron chi connectivity index (χ2n) is 4.03. The number of aromatic nitrogens is 2. The van der Waals surface area contributed by atoms with E-state index in [1.54, 1.807) is 7.11 Å². The standard InChI is InChI=1S/C12H17N3O/c1-8-3-4-10-11(7-8)15-12(14-10)9(13)5-6-16-2/h3-4,7,9H,5-6,13H2,1-2H3,(H,14,15). The Morgan fingerprint density at radius 3 is 3.06 bits per heavy atom. The van der Waals surface area contributed by atoms with Crippen LogP contribution in [0.4, 0.5) is 0 Å². The fourth-order valence-electron chi connectivity index (χ4n) is 1.70. The first-order chi connectivity index (χ1) is 7.70. The highest BCUT2D eigenvalue weighted by atomic mass is 16.5. The Labute approximate surface area is 94.8 Å². The van der Waals surface area contributed by atoms with Crippen molar-refractivity contribution in [3.8, 4) is 0 Å². The van der Waals surface area contributed by atoms with Gasteiger partial charge >= 0.3 is 0 Å². The summed E-state index contributed by atoms with van der Waals surface area (Å²) in [5.41, 5.74) is 9.24. The van der Waals surface area contributed by atoms with Gasteiger partial charge in [-0.05, 0) is 31.0 Å². The second kappa shape index (κ2) is 4.63. The molecule has 0 amide bonds. The van der Waals surface area contributed by atoms with Crippen LogP contribution in [0.3, 0.4) is 0 Å². The molecule has 1 unspecified atom stereocenters. The van der Waals surface area contributed by atoms with Gasteiger partial charge in [-0.25, -0.2) is 4.98 Å². The van der Waals surface area contributed by atoms with Crippen molar-refractivity contribution in [3.05, 3.63) is 29.6 Å². The molecular formula is C12H17N3O. The Morgan fingerprint density at radius 2 is 2.31 bits per heavy atom. The van der Waals surface area contributed by atoms with E-state index in [0.717, 1.165) is 23.3 Å². The van der Waals surface area contributed by atoms with Gasteiger partial charge in [-0.3, -0.25) is 0 Å². The van der Waals surface area contributed by atoms with Crippen LogP contribution in [0.5, 0.6) is 0 Å². The van der Waals surface area contributed by atoms with Crippen LogP contribution < -0.4 is 5.73 Å². The van der Waals surface area contributed by atoms with Gasteiger partial charge in [-0.15, -0.1) is 0 Å². The molecule has 0 fully saturated rings. The Morgan fingerprint density at radius 1 is 1.50 bits per heavy atom. The predicted octanol–water partition coefficient (Wildman–Crippen LogP) is 1.91. The molecule has 2 aromatic rings. The van der Waals surface area contributed by atoms with Crippen LogP contribution in [0.2, 0.25) is 0 Å². The summed E-state index contributed by atoms with van der Waals surface area (Å²) in [7, 11) is 1.68. The van der Waals surface area contributed by atoms with E-state index < -0.39 is 0 Å². The molecule has 3 N–H and O–H groups in total. The van der Waals surface area contributed by atoms with Gasteiger partial charge in [0.2, 0.25) is 0 Å². The van der Waals surface area contributed by atoms with Gasteiger partial charge < -0.3 is 15.5 Å². The van der Waals surface area contributed by atoms with Gasteiger partial charge in [0.25, 0.3) is 0 Å². The number of nitrogens with zero attached hydrogens (tertiary/aromatic N) is 1. The van der Waals surface area contributed by atoms with Crippen molar-refractivity contribution >= 4 is 11.0 Å². The lowest BCUT2D eigenvalue weighted by Crippen LogP contribution is -2.14. The largest absolute Gasteiger partial charge is 0.385 e. The zero-order valence-electron chi connectivity index (χ0n) is 9.66. The molecule has 0 bridgehead atoms. The van der Waals surface area contributed by atoms with E-state index in [4.69, 9.17) is 10.5 Å². The predicted molar refractivity (Wildman–Crippen MR) is 64.3 cm³/mol. The van der Waals surface area contributed by atoms with Crippen molar-refractivity contribution in [2.45, 2.75) is 19.4 Å². The van der Waals surface area contributed by atoms with Crippen LogP contribution in [-0.4, -0.2) is 23.7 Å². The number of aromatic amines is 1. The second-order valence-corrected chi connectivity index (χ2v) is 4.03. The van der Waals surface area contributed by atoms with Crippen LogP contribution >= 0.6 is 0 Å². The third-order valence-electron chi connectivity index (χ3n) is 2.64. The third kappa shape index (κ3) is 2.23. The number of fused-ring (bicyclic) bond motifs is 1. The minimum absolute atomic E-state index is 0.0901. The Bertz CT molecular complexity index is 478. The van der Waals surface area contributed by atoms with Gasteiger partial charge in [-0.1, -0.05) is 6.07 Å². The fourth-order valence-corrected chi connectivity index (χ4v) is 1.70. The number of hydrogen-bond donors (Lipinski definition) is 2. The van der Waals surface area contributed by atoms with E-state index in [2.05, 4.69) is 23.0 Å². The number of rotatable bonds is 4. The summed E-state index contributed by atoms with van der Waals surface area (Å²) in [5.74, 6) is 0.831. The summed E-state index contributed by atoms with van der Waals surface area (Å²) in [5, 5.41) is 0. The Hall–Kier alpha value is -1.39. The van der Waals surface area contributed by atoms with Crippen molar-refractivity contribution in [1.82, 2.24) is 9.97 Å². The van der Waals surface area contributed by atoms with Gasteiger partial charge in [0.1, 0.15) is 5.82 Å². The highest BCUT2D eigenvalue weighted by Crippen LogP contribution is 2.17. The molecule has 1 aromatic heterocycles. The van der Waals surface area contributed by atoms with Crippen LogP contribution in [-0.2, 0) is 4.74 Å². The first kappa shape index (κ1) is 11.1. The first-order valence-electron chi connectivity index (χ1n) is 5.41. The van der Waals surface area contributed by atoms with Crippen LogP contribution in [0, 0.1) is 6.92 Å². The topological polar surface area (TPSA) is 63.9 Å². The van der Waals surface area contributed by atoms with E-state index >= 15 is 0 Å². The zero-order chi connectivity index (χ0) is 11.5. The average molecular weight is 219 g/mol. The summed E-state index contributed by atoms with van der Waals surface area (Å²) < 4.78 is 5.01. The molecule has 0 saturated heterocycles. The molecule has 0 aliphatic carbocycles. The SMILES string of the molecule is COCCC(N)c1nc2ccc(C)cc2[nH]1. The molecule has 0 saturated carbocycles. The molecule has 0 spiro atoms. The van der Waals surface area contributed by atoms with Crippen molar-refractivity contribution in [1.29, 1.82) is 0 Å². The number of nitrogens with two attached hydrogens (primary N) is 1. The number of aryl methyl sites for hydroxylation is 1. The molecule has 0 aliphatic rings. The van der Waals surface area contributed by atoms with Crippen molar-refractivity contribution in [3.63, 3.8) is 0 Å². The maximum atomic E-state index is 6.01. The molecule has 86 valence electrons. The summed E-state index contributed by atoms with van der Waals surface area (Å²) in [6, 6.07) is 6.04. The molecule has 16 heavy (non-hydrogen) atoms. The van der Waals surface area contributed by atoms with Crippen LogP contribution in [0.15, 0.2) is 18.2 Å². The van der Waals surface area contributed by atoms with Crippen molar-refractivity contribution < 1.29 is 4.74 Å². The van der Waals surface area contributed by atoms with Gasteiger partial charge in [-0.2, -0.15) is 0 Å².